The van der Waals surface area contributed by atoms with Crippen molar-refractivity contribution in [2.45, 2.75) is 83.0 Å². The molecule has 2 saturated carbocycles. The van der Waals surface area contributed by atoms with E-state index in [0.717, 1.165) is 31.1 Å². The molecule has 0 aromatic heterocycles. The molecule has 2 unspecified atom stereocenters. The van der Waals surface area contributed by atoms with Crippen LogP contribution in [0.2, 0.25) is 0 Å². The lowest BCUT2D eigenvalue weighted by atomic mass is 10.2. The molecule has 3 aliphatic rings. The largest absolute Gasteiger partial charge is 0.357 e. The number of likely N-dealkylation sites (N-methyl/N-ethyl adjacent to an activating group) is 1. The summed E-state index contributed by atoms with van der Waals surface area (Å²) in [7, 11) is 2.24. The van der Waals surface area contributed by atoms with Gasteiger partial charge in [-0.3, -0.25) is 14.8 Å². The van der Waals surface area contributed by atoms with Crippen LogP contribution in [0.4, 0.5) is 0 Å². The molecule has 6 heteroatoms. The predicted molar refractivity (Wildman–Crippen MR) is 117 cm³/mol. The molecular formula is C19H38IN5. The third kappa shape index (κ3) is 6.24. The highest BCUT2D eigenvalue weighted by molar-refractivity contribution is 14.0. The molecule has 0 aromatic carbocycles. The van der Waals surface area contributed by atoms with Crippen molar-refractivity contribution in [3.63, 3.8) is 0 Å². The molecule has 1 heterocycles. The molecule has 0 aromatic rings. The average Bonchev–Trinajstić information content (AvgIpc) is 3.08. The zero-order valence-electron chi connectivity index (χ0n) is 16.3. The van der Waals surface area contributed by atoms with Crippen LogP contribution in [0.25, 0.3) is 0 Å². The molecule has 0 radical (unpaired) electrons. The Hall–Kier alpha value is -0.0800. The number of hydrogen-bond acceptors (Lipinski definition) is 3. The van der Waals surface area contributed by atoms with Gasteiger partial charge in [-0.25, -0.2) is 0 Å². The molecule has 146 valence electrons. The van der Waals surface area contributed by atoms with Gasteiger partial charge in [-0.05, 0) is 53.0 Å². The molecule has 0 bridgehead atoms. The first-order valence-corrected chi connectivity index (χ1v) is 10.2. The van der Waals surface area contributed by atoms with Gasteiger partial charge >= 0.3 is 0 Å². The Morgan fingerprint density at radius 2 is 1.92 bits per heavy atom. The summed E-state index contributed by atoms with van der Waals surface area (Å²) in [5.74, 6) is 1.01. The van der Waals surface area contributed by atoms with Crippen molar-refractivity contribution in [3.8, 4) is 0 Å². The summed E-state index contributed by atoms with van der Waals surface area (Å²) in [6.45, 7) is 8.69. The number of likely N-dealkylation sites (tertiary alicyclic amines) is 1. The van der Waals surface area contributed by atoms with Crippen LogP contribution in [0.3, 0.4) is 0 Å². The van der Waals surface area contributed by atoms with E-state index in [1.165, 1.54) is 58.0 Å². The van der Waals surface area contributed by atoms with Crippen LogP contribution in [-0.2, 0) is 0 Å². The second-order valence-corrected chi connectivity index (χ2v) is 8.03. The fourth-order valence-corrected chi connectivity index (χ4v) is 4.21. The number of aliphatic imine (C=N–C) groups is 1. The number of halogens is 1. The van der Waals surface area contributed by atoms with Crippen molar-refractivity contribution in [2.24, 2.45) is 4.99 Å². The van der Waals surface area contributed by atoms with Gasteiger partial charge in [0, 0.05) is 43.8 Å². The predicted octanol–water partition coefficient (Wildman–Crippen LogP) is 2.66. The van der Waals surface area contributed by atoms with Gasteiger partial charge < -0.3 is 10.6 Å². The minimum atomic E-state index is 0. The summed E-state index contributed by atoms with van der Waals surface area (Å²) in [5.41, 5.74) is 0. The number of nitrogens with one attached hydrogen (secondary N) is 2. The molecule has 0 amide bonds. The van der Waals surface area contributed by atoms with Crippen LogP contribution in [0.1, 0.15) is 58.8 Å². The molecule has 3 fully saturated rings. The monoisotopic (exact) mass is 463 g/mol. The fourth-order valence-electron chi connectivity index (χ4n) is 4.21. The fraction of sp³-hybridized carbons (Fsp3) is 0.947. The van der Waals surface area contributed by atoms with E-state index in [4.69, 9.17) is 4.99 Å². The first-order valence-electron chi connectivity index (χ1n) is 10.2. The van der Waals surface area contributed by atoms with E-state index in [9.17, 15) is 0 Å². The summed E-state index contributed by atoms with van der Waals surface area (Å²) in [6.07, 6.45) is 9.64. The third-order valence-electron chi connectivity index (χ3n) is 6.08. The Balaban J connectivity index is 0.00000225. The van der Waals surface area contributed by atoms with Crippen LogP contribution in [0.5, 0.6) is 0 Å². The van der Waals surface area contributed by atoms with Gasteiger partial charge in [0.05, 0.1) is 6.54 Å². The molecule has 1 saturated heterocycles. The summed E-state index contributed by atoms with van der Waals surface area (Å²) in [4.78, 5) is 10.1. The van der Waals surface area contributed by atoms with Gasteiger partial charge in [0.25, 0.3) is 0 Å². The van der Waals surface area contributed by atoms with Crippen LogP contribution in [0.15, 0.2) is 4.99 Å². The number of hydrogen-bond donors (Lipinski definition) is 2. The van der Waals surface area contributed by atoms with E-state index >= 15 is 0 Å². The lowest BCUT2D eigenvalue weighted by Crippen LogP contribution is -2.46. The molecule has 5 nitrogen and oxygen atoms in total. The van der Waals surface area contributed by atoms with Crippen LogP contribution in [-0.4, -0.2) is 73.2 Å². The van der Waals surface area contributed by atoms with Gasteiger partial charge in [-0.1, -0.05) is 12.8 Å². The van der Waals surface area contributed by atoms with Crippen LogP contribution >= 0.6 is 24.0 Å². The topological polar surface area (TPSA) is 42.9 Å². The van der Waals surface area contributed by atoms with E-state index in [0.29, 0.717) is 12.1 Å². The van der Waals surface area contributed by atoms with Crippen LogP contribution in [0, 0.1) is 0 Å². The van der Waals surface area contributed by atoms with Gasteiger partial charge in [0.2, 0.25) is 0 Å². The van der Waals surface area contributed by atoms with Gasteiger partial charge in [0.15, 0.2) is 5.96 Å². The van der Waals surface area contributed by atoms with Gasteiger partial charge in [-0.2, -0.15) is 0 Å². The Bertz CT molecular complexity index is 420. The van der Waals surface area contributed by atoms with Crippen molar-refractivity contribution < 1.29 is 0 Å². The lowest BCUT2D eigenvalue weighted by molar-refractivity contribution is 0.242. The maximum atomic E-state index is 4.86. The maximum absolute atomic E-state index is 4.86. The SMILES string of the molecule is CCNC(=NCC(C)N(C)C1CC1)NC1CCN(C2CCCC2)C1.I. The summed E-state index contributed by atoms with van der Waals surface area (Å²) in [5, 5.41) is 7.12. The van der Waals surface area contributed by atoms with Crippen molar-refractivity contribution in [2.75, 3.05) is 33.2 Å². The second kappa shape index (κ2) is 10.3. The minimum Gasteiger partial charge on any atom is -0.357 e. The number of rotatable bonds is 7. The van der Waals surface area contributed by atoms with E-state index in [1.807, 2.05) is 0 Å². The molecule has 2 atom stereocenters. The van der Waals surface area contributed by atoms with Gasteiger partial charge in [-0.15, -0.1) is 24.0 Å². The molecule has 0 spiro atoms. The lowest BCUT2D eigenvalue weighted by Gasteiger charge is -2.25. The van der Waals surface area contributed by atoms with Crippen molar-refractivity contribution >= 4 is 29.9 Å². The standard InChI is InChI=1S/C19H37N5.HI/c1-4-20-19(21-13-15(2)23(3)17-9-10-17)22-16-11-12-24(14-16)18-7-5-6-8-18;/h15-18H,4-14H2,1-3H3,(H2,20,21,22);1H. The molecule has 2 N–H and O–H groups in total. The molecule has 25 heavy (non-hydrogen) atoms. The molecule has 3 rings (SSSR count). The molecule has 2 aliphatic carbocycles. The average molecular weight is 463 g/mol. The first-order chi connectivity index (χ1) is 11.7. The highest BCUT2D eigenvalue weighted by Crippen LogP contribution is 2.27. The number of guanidine groups is 1. The summed E-state index contributed by atoms with van der Waals surface area (Å²) >= 11 is 0. The third-order valence-corrected chi connectivity index (χ3v) is 6.08. The summed E-state index contributed by atoms with van der Waals surface area (Å²) in [6, 6.07) is 2.73. The Morgan fingerprint density at radius 1 is 1.20 bits per heavy atom. The Labute approximate surface area is 171 Å². The molecular weight excluding hydrogens is 425 g/mol. The zero-order chi connectivity index (χ0) is 16.9. The number of nitrogens with zero attached hydrogens (tertiary/aromatic N) is 3. The van der Waals surface area contributed by atoms with Crippen molar-refractivity contribution in [1.82, 2.24) is 20.4 Å². The normalized spacial score (nSPS) is 26.7. The van der Waals surface area contributed by atoms with Crippen molar-refractivity contribution in [1.29, 1.82) is 0 Å². The second-order valence-electron chi connectivity index (χ2n) is 8.03. The first kappa shape index (κ1) is 21.2. The molecule has 1 aliphatic heterocycles. The highest BCUT2D eigenvalue weighted by Gasteiger charge is 2.31. The van der Waals surface area contributed by atoms with Gasteiger partial charge in [0.1, 0.15) is 0 Å². The summed E-state index contributed by atoms with van der Waals surface area (Å²) < 4.78 is 0. The van der Waals surface area contributed by atoms with E-state index < -0.39 is 0 Å². The Kier molecular flexibility index (Phi) is 8.75. The van der Waals surface area contributed by atoms with Crippen LogP contribution < -0.4 is 10.6 Å². The smallest absolute Gasteiger partial charge is 0.191 e. The highest BCUT2D eigenvalue weighted by atomic mass is 127. The van der Waals surface area contributed by atoms with E-state index in [-0.39, 0.29) is 24.0 Å². The maximum Gasteiger partial charge on any atom is 0.191 e. The van der Waals surface area contributed by atoms with E-state index in [2.05, 4.69) is 41.3 Å². The van der Waals surface area contributed by atoms with E-state index in [1.54, 1.807) is 0 Å². The quantitative estimate of drug-likeness (QED) is 0.346. The zero-order valence-corrected chi connectivity index (χ0v) is 18.7. The Morgan fingerprint density at radius 3 is 2.56 bits per heavy atom. The van der Waals surface area contributed by atoms with Crippen molar-refractivity contribution in [3.05, 3.63) is 0 Å². The minimum absolute atomic E-state index is 0.